The van der Waals surface area contributed by atoms with Gasteiger partial charge in [0, 0.05) is 12.5 Å². The SMILES string of the molecule is CCCCCCCCCCCCCCCCCCOC[C@@H](CCc1ccccc1)COP(=O)(O)OC[C@@]1(C#N)O[C@@H](c2ccc3c(N)ncnn23)[C@H](O)[C@@H]1O. The molecule has 0 bridgehead atoms. The molecular formula is C41H64N5O8P. The Hall–Kier alpha value is -2.92. The van der Waals surface area contributed by atoms with Gasteiger partial charge in [-0.2, -0.15) is 10.4 Å². The van der Waals surface area contributed by atoms with Crippen molar-refractivity contribution >= 4 is 19.2 Å². The van der Waals surface area contributed by atoms with Crippen LogP contribution in [-0.4, -0.2) is 73.9 Å². The number of phosphoric ester groups is 1. The number of phosphoric acid groups is 1. The van der Waals surface area contributed by atoms with E-state index in [0.717, 1.165) is 24.8 Å². The topological polar surface area (TPSA) is 195 Å². The van der Waals surface area contributed by atoms with Gasteiger partial charge in [-0.15, -0.1) is 0 Å². The Balaban J connectivity index is 1.16. The van der Waals surface area contributed by atoms with Crippen molar-refractivity contribution in [3.05, 3.63) is 60.0 Å². The number of nitriles is 1. The number of nitrogen functional groups attached to an aromatic ring is 1. The summed E-state index contributed by atoms with van der Waals surface area (Å²) in [5.41, 5.74) is 5.63. The number of aliphatic hydroxyl groups excluding tert-OH is 2. The molecule has 1 aliphatic rings. The van der Waals surface area contributed by atoms with Crippen molar-refractivity contribution in [2.45, 2.75) is 146 Å². The van der Waals surface area contributed by atoms with Crippen LogP contribution in [0.25, 0.3) is 5.52 Å². The van der Waals surface area contributed by atoms with Crippen LogP contribution in [0, 0.1) is 17.2 Å². The van der Waals surface area contributed by atoms with E-state index >= 15 is 0 Å². The van der Waals surface area contributed by atoms with E-state index in [2.05, 4.69) is 17.0 Å². The molecule has 1 aromatic carbocycles. The molecule has 0 amide bonds. The lowest BCUT2D eigenvalue weighted by molar-refractivity contribution is -0.0749. The molecule has 1 aliphatic heterocycles. The Labute approximate surface area is 327 Å². The first-order chi connectivity index (χ1) is 26.7. The third-order valence-electron chi connectivity index (χ3n) is 10.5. The molecule has 6 atom stereocenters. The van der Waals surface area contributed by atoms with E-state index in [0.29, 0.717) is 30.8 Å². The molecule has 3 heterocycles. The summed E-state index contributed by atoms with van der Waals surface area (Å²) in [6.45, 7) is 2.26. The Kier molecular flexibility index (Phi) is 19.5. The minimum Gasteiger partial charge on any atom is -0.387 e. The summed E-state index contributed by atoms with van der Waals surface area (Å²) in [4.78, 5) is 14.6. The van der Waals surface area contributed by atoms with Crippen LogP contribution in [0.3, 0.4) is 0 Å². The van der Waals surface area contributed by atoms with Crippen LogP contribution in [0.2, 0.25) is 0 Å². The van der Waals surface area contributed by atoms with E-state index in [9.17, 15) is 24.9 Å². The van der Waals surface area contributed by atoms with Crippen LogP contribution >= 0.6 is 7.82 Å². The number of anilines is 1. The number of aryl methyl sites for hydroxylation is 1. The minimum absolute atomic E-state index is 0.120. The molecule has 13 nitrogen and oxygen atoms in total. The highest BCUT2D eigenvalue weighted by Gasteiger charge is 2.57. The normalized spacial score (nSPS) is 21.5. The smallest absolute Gasteiger partial charge is 0.387 e. The van der Waals surface area contributed by atoms with Crippen molar-refractivity contribution < 1.29 is 38.2 Å². The number of hydrogen-bond donors (Lipinski definition) is 4. The van der Waals surface area contributed by atoms with Gasteiger partial charge in [0.05, 0.1) is 18.9 Å². The molecule has 0 spiro atoms. The molecule has 55 heavy (non-hydrogen) atoms. The molecule has 14 heteroatoms. The number of nitrogens with two attached hydrogens (primary N) is 1. The largest absolute Gasteiger partial charge is 0.472 e. The summed E-state index contributed by atoms with van der Waals surface area (Å²) in [5.74, 6) is -0.0120. The second-order valence-corrected chi connectivity index (χ2v) is 16.4. The molecular weight excluding hydrogens is 721 g/mol. The molecule has 5 N–H and O–H groups in total. The van der Waals surface area contributed by atoms with Gasteiger partial charge < -0.3 is 30.3 Å². The van der Waals surface area contributed by atoms with Crippen LogP contribution in [0.4, 0.5) is 5.82 Å². The first-order valence-corrected chi connectivity index (χ1v) is 22.0. The van der Waals surface area contributed by atoms with Crippen LogP contribution in [-0.2, 0) is 29.5 Å². The van der Waals surface area contributed by atoms with Crippen LogP contribution < -0.4 is 5.73 Å². The van der Waals surface area contributed by atoms with E-state index in [1.807, 2.05) is 36.4 Å². The van der Waals surface area contributed by atoms with Crippen molar-refractivity contribution in [2.75, 3.05) is 32.2 Å². The van der Waals surface area contributed by atoms with Crippen molar-refractivity contribution in [3.63, 3.8) is 0 Å². The summed E-state index contributed by atoms with van der Waals surface area (Å²) >= 11 is 0. The molecule has 4 rings (SSSR count). The third-order valence-corrected chi connectivity index (χ3v) is 11.5. The Morgan fingerprint density at radius 1 is 0.909 bits per heavy atom. The lowest BCUT2D eigenvalue weighted by Gasteiger charge is -2.26. The monoisotopic (exact) mass is 785 g/mol. The van der Waals surface area contributed by atoms with Gasteiger partial charge in [0.15, 0.2) is 5.82 Å². The fourth-order valence-corrected chi connectivity index (χ4v) is 7.95. The molecule has 1 saturated heterocycles. The van der Waals surface area contributed by atoms with Gasteiger partial charge in [0.2, 0.25) is 5.60 Å². The number of aliphatic hydroxyl groups is 2. The number of benzene rings is 1. The van der Waals surface area contributed by atoms with E-state index in [1.165, 1.54) is 101 Å². The van der Waals surface area contributed by atoms with Crippen molar-refractivity contribution in [1.29, 1.82) is 5.26 Å². The van der Waals surface area contributed by atoms with Crippen molar-refractivity contribution in [3.8, 4) is 6.07 Å². The molecule has 1 fully saturated rings. The molecule has 1 unspecified atom stereocenters. The predicted octanol–water partition coefficient (Wildman–Crippen LogP) is 8.03. The fraction of sp³-hybridized carbons (Fsp3) is 0.683. The summed E-state index contributed by atoms with van der Waals surface area (Å²) in [5, 5.41) is 36.0. The van der Waals surface area contributed by atoms with E-state index < -0.39 is 38.3 Å². The highest BCUT2D eigenvalue weighted by Crippen LogP contribution is 2.48. The fourth-order valence-electron chi connectivity index (χ4n) is 7.12. The van der Waals surface area contributed by atoms with Crippen molar-refractivity contribution in [2.24, 2.45) is 5.92 Å². The van der Waals surface area contributed by atoms with Crippen molar-refractivity contribution in [1.82, 2.24) is 14.6 Å². The number of aromatic nitrogens is 3. The van der Waals surface area contributed by atoms with Gasteiger partial charge in [-0.3, -0.25) is 9.05 Å². The van der Waals surface area contributed by atoms with Crippen LogP contribution in [0.5, 0.6) is 0 Å². The molecule has 0 radical (unpaired) electrons. The summed E-state index contributed by atoms with van der Waals surface area (Å²) in [6.07, 6.45) is 18.9. The Morgan fingerprint density at radius 2 is 1.53 bits per heavy atom. The van der Waals surface area contributed by atoms with Gasteiger partial charge in [-0.25, -0.2) is 14.1 Å². The van der Waals surface area contributed by atoms with Crippen LogP contribution in [0.15, 0.2) is 48.8 Å². The number of fused-ring (bicyclic) bond motifs is 1. The first kappa shape index (κ1) is 44.8. The van der Waals surface area contributed by atoms with E-state index in [-0.39, 0.29) is 18.3 Å². The maximum absolute atomic E-state index is 13.1. The average Bonchev–Trinajstić information content (AvgIpc) is 3.73. The Morgan fingerprint density at radius 3 is 2.15 bits per heavy atom. The maximum Gasteiger partial charge on any atom is 0.472 e. The van der Waals surface area contributed by atoms with Gasteiger partial charge in [-0.1, -0.05) is 134 Å². The summed E-state index contributed by atoms with van der Waals surface area (Å²) < 4.78 is 37.0. The zero-order chi connectivity index (χ0) is 39.4. The molecule has 306 valence electrons. The van der Waals surface area contributed by atoms with Gasteiger partial charge >= 0.3 is 7.82 Å². The number of ether oxygens (including phenoxy) is 2. The predicted molar refractivity (Wildman–Crippen MR) is 212 cm³/mol. The molecule has 3 aromatic rings. The van der Waals surface area contributed by atoms with Crippen LogP contribution in [0.1, 0.15) is 133 Å². The van der Waals surface area contributed by atoms with Gasteiger partial charge in [-0.05, 0) is 37.0 Å². The summed E-state index contributed by atoms with van der Waals surface area (Å²) in [7, 11) is -4.72. The molecule has 2 aromatic heterocycles. The first-order valence-electron chi connectivity index (χ1n) is 20.5. The second-order valence-electron chi connectivity index (χ2n) is 15.0. The number of unbranched alkanes of at least 4 members (excludes halogenated alkanes) is 15. The van der Waals surface area contributed by atoms with Gasteiger partial charge in [0.1, 0.15) is 42.8 Å². The maximum atomic E-state index is 13.1. The number of hydrogen-bond acceptors (Lipinski definition) is 11. The lowest BCUT2D eigenvalue weighted by atomic mass is 9.96. The standard InChI is InChI=1S/C41H64N5O8P/c1-2-3-4-5-6-7-8-9-10-11-12-13-14-15-16-20-27-51-28-34(24-23-33-21-18-17-19-22-33)29-52-55(49,50)53-31-41(30-42)39(48)37(47)38(54-41)35-25-26-36-40(43)44-32-45-46(35)36/h17-19,21-22,25-26,32,34,37-39,47-48H,2-16,20,23-24,27-29,31H2,1H3,(H,49,50)(H2,43,44,45)/t34-,37+,38+,39+,41-/m1/s1. The highest BCUT2D eigenvalue weighted by atomic mass is 31.2. The van der Waals surface area contributed by atoms with Gasteiger partial charge in [0.25, 0.3) is 0 Å². The lowest BCUT2D eigenvalue weighted by Crippen LogP contribution is -2.45. The zero-order valence-corrected chi connectivity index (χ0v) is 33.6. The molecule has 0 aliphatic carbocycles. The second kappa shape index (κ2) is 24.0. The highest BCUT2D eigenvalue weighted by molar-refractivity contribution is 7.47. The zero-order valence-electron chi connectivity index (χ0n) is 32.7. The molecule has 0 saturated carbocycles. The summed E-state index contributed by atoms with van der Waals surface area (Å²) in [6, 6.07) is 15.0. The minimum atomic E-state index is -4.72. The Bertz CT molecular complexity index is 1610. The average molecular weight is 786 g/mol. The van der Waals surface area contributed by atoms with E-state index in [1.54, 1.807) is 12.1 Å². The number of rotatable bonds is 29. The van der Waals surface area contributed by atoms with E-state index in [4.69, 9.17) is 24.3 Å². The number of nitrogens with zero attached hydrogens (tertiary/aromatic N) is 4. The third kappa shape index (κ3) is 14.5. The quantitative estimate of drug-likeness (QED) is 0.0392.